The number of esters is 1. The molecule has 2 aliphatic rings. The Kier molecular flexibility index (Phi) is 6.49. The number of allylic oxidation sites excluding steroid dienone is 3. The number of hydrogen-bond acceptors (Lipinski definition) is 5. The van der Waals surface area contributed by atoms with Gasteiger partial charge in [-0.3, -0.25) is 4.79 Å². The minimum Gasteiger partial charge on any atom is -0.460 e. The Morgan fingerprint density at radius 2 is 1.97 bits per heavy atom. The number of nitrogens with one attached hydrogen (secondary N) is 1. The maximum Gasteiger partial charge on any atom is 0.336 e. The Morgan fingerprint density at radius 3 is 2.66 bits per heavy atom. The Labute approximate surface area is 177 Å². The molecule has 3 rings (SSSR count). The van der Waals surface area contributed by atoms with Crippen LogP contribution in [0.4, 0.5) is 0 Å². The standard InChI is InChI=1S/C23H28ClNO4/c1-5-28-10-11-29-22(27)19-14(2)25-17-12-23(3,4)13-18(26)21(17)20(19)15-8-6-7-9-16(15)24/h6-9,20,25H,5,10-13H2,1-4H3/t20-/m1/s1. The lowest BCUT2D eigenvalue weighted by Gasteiger charge is -2.39. The van der Waals surface area contributed by atoms with Crippen molar-refractivity contribution in [2.24, 2.45) is 5.41 Å². The number of benzene rings is 1. The number of ketones is 1. The summed E-state index contributed by atoms with van der Waals surface area (Å²) < 4.78 is 10.7. The molecule has 0 spiro atoms. The maximum atomic E-state index is 13.2. The molecule has 0 unspecified atom stereocenters. The van der Waals surface area contributed by atoms with E-state index in [4.69, 9.17) is 21.1 Å². The van der Waals surface area contributed by atoms with Crippen LogP contribution in [0.2, 0.25) is 5.02 Å². The van der Waals surface area contributed by atoms with Gasteiger partial charge in [0.2, 0.25) is 0 Å². The van der Waals surface area contributed by atoms with E-state index in [0.717, 1.165) is 17.7 Å². The SMILES string of the molecule is CCOCCOC(=O)C1=C(C)NC2=C(C(=O)CC(C)(C)C2)[C@@H]1c1ccccc1Cl. The number of carbonyl (C=O) groups excluding carboxylic acids is 2. The highest BCUT2D eigenvalue weighted by Gasteiger charge is 2.43. The summed E-state index contributed by atoms with van der Waals surface area (Å²) in [7, 11) is 0. The fraction of sp³-hybridized carbons (Fsp3) is 0.478. The van der Waals surface area contributed by atoms with Crippen molar-refractivity contribution in [1.29, 1.82) is 0 Å². The highest BCUT2D eigenvalue weighted by atomic mass is 35.5. The van der Waals surface area contributed by atoms with Crippen LogP contribution in [-0.2, 0) is 19.1 Å². The van der Waals surface area contributed by atoms with Crippen LogP contribution < -0.4 is 5.32 Å². The number of rotatable bonds is 6. The summed E-state index contributed by atoms with van der Waals surface area (Å²) in [6.07, 6.45) is 1.17. The molecule has 1 N–H and O–H groups in total. The molecular formula is C23H28ClNO4. The number of dihydropyridines is 1. The summed E-state index contributed by atoms with van der Waals surface area (Å²) in [6.45, 7) is 8.94. The van der Waals surface area contributed by atoms with Crippen LogP contribution in [-0.4, -0.2) is 31.6 Å². The summed E-state index contributed by atoms with van der Waals surface area (Å²) in [6, 6.07) is 7.36. The quantitative estimate of drug-likeness (QED) is 0.544. The molecule has 1 heterocycles. The zero-order valence-electron chi connectivity index (χ0n) is 17.4. The van der Waals surface area contributed by atoms with E-state index >= 15 is 0 Å². The molecule has 1 aromatic rings. The van der Waals surface area contributed by atoms with Gasteiger partial charge in [-0.15, -0.1) is 0 Å². The first-order valence-electron chi connectivity index (χ1n) is 9.98. The maximum absolute atomic E-state index is 13.2. The average molecular weight is 418 g/mol. The highest BCUT2D eigenvalue weighted by molar-refractivity contribution is 6.31. The van der Waals surface area contributed by atoms with E-state index in [2.05, 4.69) is 19.2 Å². The second-order valence-electron chi connectivity index (χ2n) is 8.28. The van der Waals surface area contributed by atoms with Crippen LogP contribution in [0.1, 0.15) is 52.0 Å². The van der Waals surface area contributed by atoms with Gasteiger partial charge >= 0.3 is 5.97 Å². The van der Waals surface area contributed by atoms with Gasteiger partial charge in [-0.05, 0) is 37.3 Å². The summed E-state index contributed by atoms with van der Waals surface area (Å²) >= 11 is 6.51. The minimum absolute atomic E-state index is 0.0424. The van der Waals surface area contributed by atoms with Gasteiger partial charge < -0.3 is 14.8 Å². The number of ether oxygens (including phenoxy) is 2. The van der Waals surface area contributed by atoms with Crippen molar-refractivity contribution in [2.45, 2.75) is 46.5 Å². The number of hydrogen-bond donors (Lipinski definition) is 1. The van der Waals surface area contributed by atoms with Crippen molar-refractivity contribution in [3.05, 3.63) is 57.4 Å². The zero-order valence-corrected chi connectivity index (χ0v) is 18.2. The third-order valence-corrected chi connectivity index (χ3v) is 5.69. The lowest BCUT2D eigenvalue weighted by Crippen LogP contribution is -2.38. The molecule has 156 valence electrons. The predicted octanol–water partition coefficient (Wildman–Crippen LogP) is 4.52. The smallest absolute Gasteiger partial charge is 0.336 e. The fourth-order valence-electron chi connectivity index (χ4n) is 4.14. The van der Waals surface area contributed by atoms with E-state index in [-0.39, 0.29) is 17.8 Å². The van der Waals surface area contributed by atoms with Crippen LogP contribution in [0.5, 0.6) is 0 Å². The molecule has 1 aliphatic heterocycles. The third kappa shape index (κ3) is 4.57. The van der Waals surface area contributed by atoms with Crippen molar-refractivity contribution in [1.82, 2.24) is 5.32 Å². The first kappa shape index (κ1) is 21.6. The molecule has 0 bridgehead atoms. The van der Waals surface area contributed by atoms with Gasteiger partial charge in [0, 0.05) is 40.9 Å². The highest BCUT2D eigenvalue weighted by Crippen LogP contribution is 2.47. The largest absolute Gasteiger partial charge is 0.460 e. The minimum atomic E-state index is -0.539. The molecule has 0 radical (unpaired) electrons. The monoisotopic (exact) mass is 417 g/mol. The Bertz CT molecular complexity index is 885. The molecule has 0 saturated heterocycles. The lowest BCUT2D eigenvalue weighted by atomic mass is 9.68. The van der Waals surface area contributed by atoms with Crippen LogP contribution in [0.25, 0.3) is 0 Å². The Hall–Kier alpha value is -2.11. The zero-order chi connectivity index (χ0) is 21.2. The summed E-state index contributed by atoms with van der Waals surface area (Å²) in [5, 5.41) is 3.84. The summed E-state index contributed by atoms with van der Waals surface area (Å²) in [4.78, 5) is 26.2. The van der Waals surface area contributed by atoms with Crippen molar-refractivity contribution in [3.8, 4) is 0 Å². The Balaban J connectivity index is 2.05. The number of halogens is 1. The third-order valence-electron chi connectivity index (χ3n) is 5.34. The van der Waals surface area contributed by atoms with Crippen molar-refractivity contribution >= 4 is 23.4 Å². The van der Waals surface area contributed by atoms with E-state index < -0.39 is 11.9 Å². The first-order chi connectivity index (χ1) is 13.7. The second kappa shape index (κ2) is 8.72. The van der Waals surface area contributed by atoms with E-state index in [0.29, 0.717) is 41.5 Å². The van der Waals surface area contributed by atoms with Gasteiger partial charge in [0.05, 0.1) is 12.2 Å². The van der Waals surface area contributed by atoms with Crippen LogP contribution in [0.3, 0.4) is 0 Å². The molecule has 0 aromatic heterocycles. The van der Waals surface area contributed by atoms with E-state index in [1.165, 1.54) is 0 Å². The molecule has 1 aromatic carbocycles. The Morgan fingerprint density at radius 1 is 1.24 bits per heavy atom. The van der Waals surface area contributed by atoms with Crippen molar-refractivity contribution in [2.75, 3.05) is 19.8 Å². The van der Waals surface area contributed by atoms with E-state index in [9.17, 15) is 9.59 Å². The van der Waals surface area contributed by atoms with Crippen LogP contribution >= 0.6 is 11.6 Å². The van der Waals surface area contributed by atoms with Gasteiger partial charge in [0.25, 0.3) is 0 Å². The van der Waals surface area contributed by atoms with Gasteiger partial charge in [0.15, 0.2) is 5.78 Å². The van der Waals surface area contributed by atoms with Crippen molar-refractivity contribution in [3.63, 3.8) is 0 Å². The molecule has 5 nitrogen and oxygen atoms in total. The predicted molar refractivity (Wildman–Crippen MR) is 113 cm³/mol. The molecule has 0 fully saturated rings. The first-order valence-corrected chi connectivity index (χ1v) is 10.4. The molecule has 1 atom stereocenters. The fourth-order valence-corrected chi connectivity index (χ4v) is 4.39. The summed E-state index contributed by atoms with van der Waals surface area (Å²) in [5.74, 6) is -0.951. The molecule has 6 heteroatoms. The lowest BCUT2D eigenvalue weighted by molar-refractivity contribution is -0.140. The number of carbonyl (C=O) groups is 2. The average Bonchev–Trinajstić information content (AvgIpc) is 2.63. The second-order valence-corrected chi connectivity index (χ2v) is 8.69. The van der Waals surface area contributed by atoms with Gasteiger partial charge in [-0.2, -0.15) is 0 Å². The molecular weight excluding hydrogens is 390 g/mol. The topological polar surface area (TPSA) is 64.6 Å². The van der Waals surface area contributed by atoms with Gasteiger partial charge in [0.1, 0.15) is 6.61 Å². The molecule has 0 amide bonds. The normalized spacial score (nSPS) is 21.0. The molecule has 29 heavy (non-hydrogen) atoms. The van der Waals surface area contributed by atoms with E-state index in [1.807, 2.05) is 32.0 Å². The number of Topliss-reactive ketones (excluding diaryl/α,β-unsaturated/α-hetero) is 1. The molecule has 0 saturated carbocycles. The molecule has 1 aliphatic carbocycles. The summed E-state index contributed by atoms with van der Waals surface area (Å²) in [5.41, 5.74) is 3.23. The van der Waals surface area contributed by atoms with E-state index in [1.54, 1.807) is 6.07 Å². The van der Waals surface area contributed by atoms with Gasteiger partial charge in [-0.1, -0.05) is 43.6 Å². The van der Waals surface area contributed by atoms with Crippen LogP contribution in [0, 0.1) is 5.41 Å². The van der Waals surface area contributed by atoms with Crippen LogP contribution in [0.15, 0.2) is 46.8 Å². The van der Waals surface area contributed by atoms with Crippen molar-refractivity contribution < 1.29 is 19.1 Å². The van der Waals surface area contributed by atoms with Gasteiger partial charge in [-0.25, -0.2) is 4.79 Å².